The summed E-state index contributed by atoms with van der Waals surface area (Å²) in [7, 11) is 3.59. The maximum Gasteiger partial charge on any atom is 0.317 e. The lowest BCUT2D eigenvalue weighted by Gasteiger charge is -2.61. The highest BCUT2D eigenvalue weighted by atomic mass is 16.5. The number of methoxy groups -OCH3 is 1. The molecule has 0 aromatic carbocycles. The van der Waals surface area contributed by atoms with E-state index in [1.54, 1.807) is 12.0 Å². The molecule has 0 aliphatic heterocycles. The van der Waals surface area contributed by atoms with Gasteiger partial charge in [0.25, 0.3) is 0 Å². The minimum absolute atomic E-state index is 0.0787. The van der Waals surface area contributed by atoms with Gasteiger partial charge >= 0.3 is 6.03 Å². The number of hydrogen-bond donors (Lipinski definition) is 1. The Morgan fingerprint density at radius 3 is 2.76 bits per heavy atom. The highest BCUT2D eigenvalue weighted by Gasteiger charge is 2.59. The van der Waals surface area contributed by atoms with E-state index in [9.17, 15) is 4.79 Å². The van der Waals surface area contributed by atoms with Gasteiger partial charge in [-0.3, -0.25) is 0 Å². The summed E-state index contributed by atoms with van der Waals surface area (Å²) < 4.78 is 7.68. The Labute approximate surface area is 149 Å². The molecule has 1 saturated carbocycles. The van der Waals surface area contributed by atoms with E-state index < -0.39 is 0 Å². The zero-order valence-electron chi connectivity index (χ0n) is 16.0. The van der Waals surface area contributed by atoms with Crippen molar-refractivity contribution < 1.29 is 9.53 Å². The molecule has 6 nitrogen and oxygen atoms in total. The van der Waals surface area contributed by atoms with Crippen LogP contribution < -0.4 is 5.32 Å². The van der Waals surface area contributed by atoms with E-state index in [2.05, 4.69) is 31.1 Å². The van der Waals surface area contributed by atoms with Crippen LogP contribution in [0.5, 0.6) is 0 Å². The molecule has 3 rings (SSSR count). The van der Waals surface area contributed by atoms with Crippen molar-refractivity contribution in [2.75, 3.05) is 14.2 Å². The van der Waals surface area contributed by atoms with Gasteiger partial charge in [-0.25, -0.2) is 9.78 Å². The number of aromatic nitrogens is 2. The summed E-state index contributed by atoms with van der Waals surface area (Å²) in [6, 6.07) is 6.06. The van der Waals surface area contributed by atoms with E-state index in [4.69, 9.17) is 4.74 Å². The predicted molar refractivity (Wildman–Crippen MR) is 97.5 cm³/mol. The lowest BCUT2D eigenvalue weighted by atomic mass is 9.55. The molecule has 1 aliphatic carbocycles. The van der Waals surface area contributed by atoms with Crippen molar-refractivity contribution in [3.8, 4) is 0 Å². The number of aryl methyl sites for hydroxylation is 1. The van der Waals surface area contributed by atoms with Crippen LogP contribution in [0.3, 0.4) is 0 Å². The van der Waals surface area contributed by atoms with Crippen molar-refractivity contribution in [3.05, 3.63) is 35.8 Å². The number of amides is 2. The fourth-order valence-corrected chi connectivity index (χ4v) is 3.79. The van der Waals surface area contributed by atoms with Gasteiger partial charge in [-0.2, -0.15) is 0 Å². The first-order valence-corrected chi connectivity index (χ1v) is 8.69. The normalized spacial score (nSPS) is 24.8. The number of urea groups is 1. The lowest BCUT2D eigenvalue weighted by molar-refractivity contribution is -0.198. The third-order valence-corrected chi connectivity index (χ3v) is 6.18. The summed E-state index contributed by atoms with van der Waals surface area (Å²) in [6.45, 7) is 8.86. The highest BCUT2D eigenvalue weighted by Crippen LogP contribution is 2.53. The molecule has 0 radical (unpaired) electrons. The van der Waals surface area contributed by atoms with Gasteiger partial charge in [-0.15, -0.1) is 0 Å². The Kier molecular flexibility index (Phi) is 4.27. The summed E-state index contributed by atoms with van der Waals surface area (Å²) in [5.74, 6) is 0. The number of imidazole rings is 1. The molecule has 2 aromatic heterocycles. The molecule has 1 fully saturated rings. The molecule has 0 spiro atoms. The van der Waals surface area contributed by atoms with Gasteiger partial charge in [0.15, 0.2) is 0 Å². The van der Waals surface area contributed by atoms with Crippen molar-refractivity contribution in [1.82, 2.24) is 19.6 Å². The van der Waals surface area contributed by atoms with Crippen LogP contribution in [0.25, 0.3) is 5.65 Å². The molecule has 2 aromatic rings. The summed E-state index contributed by atoms with van der Waals surface area (Å²) in [5, 5.41) is 2.98. The van der Waals surface area contributed by atoms with Crippen molar-refractivity contribution in [1.29, 1.82) is 0 Å². The fraction of sp³-hybridized carbons (Fsp3) is 0.579. The van der Waals surface area contributed by atoms with E-state index in [1.807, 2.05) is 42.8 Å². The summed E-state index contributed by atoms with van der Waals surface area (Å²) in [5.41, 5.74) is 2.59. The average Bonchev–Trinajstić information content (AvgIpc) is 3.01. The van der Waals surface area contributed by atoms with Gasteiger partial charge in [0.1, 0.15) is 5.65 Å². The maximum atomic E-state index is 12.6. The van der Waals surface area contributed by atoms with Crippen LogP contribution >= 0.6 is 0 Å². The molecule has 0 bridgehead atoms. The van der Waals surface area contributed by atoms with Gasteiger partial charge in [0.05, 0.1) is 17.8 Å². The zero-order valence-corrected chi connectivity index (χ0v) is 16.0. The Balaban J connectivity index is 1.63. The number of carbonyl (C=O) groups excluding carboxylic acids is 1. The second-order valence-corrected chi connectivity index (χ2v) is 7.77. The molecule has 1 N–H and O–H groups in total. The molecule has 2 atom stereocenters. The number of hydrogen-bond acceptors (Lipinski definition) is 3. The van der Waals surface area contributed by atoms with Gasteiger partial charge in [0, 0.05) is 37.5 Å². The van der Waals surface area contributed by atoms with Crippen LogP contribution in [0.15, 0.2) is 24.4 Å². The van der Waals surface area contributed by atoms with E-state index in [-0.39, 0.29) is 23.1 Å². The monoisotopic (exact) mass is 344 g/mol. The third-order valence-electron chi connectivity index (χ3n) is 6.18. The smallest absolute Gasteiger partial charge is 0.317 e. The molecule has 6 heteroatoms. The first-order valence-electron chi connectivity index (χ1n) is 8.69. The molecule has 136 valence electrons. The second kappa shape index (κ2) is 6.02. The second-order valence-electron chi connectivity index (χ2n) is 7.77. The van der Waals surface area contributed by atoms with Crippen molar-refractivity contribution >= 4 is 11.7 Å². The van der Waals surface area contributed by atoms with Gasteiger partial charge in [-0.05, 0) is 32.4 Å². The quantitative estimate of drug-likeness (QED) is 0.927. The van der Waals surface area contributed by atoms with E-state index in [0.717, 1.165) is 23.5 Å². The highest BCUT2D eigenvalue weighted by molar-refractivity contribution is 5.74. The third kappa shape index (κ3) is 2.78. The number of rotatable bonds is 4. The Hall–Kier alpha value is -2.08. The van der Waals surface area contributed by atoms with Crippen LogP contribution in [0, 0.1) is 12.3 Å². The van der Waals surface area contributed by atoms with Crippen LogP contribution in [0.1, 0.15) is 38.6 Å². The number of fused-ring (bicyclic) bond motifs is 1. The Morgan fingerprint density at radius 1 is 1.44 bits per heavy atom. The first-order chi connectivity index (χ1) is 11.7. The Morgan fingerprint density at radius 2 is 2.16 bits per heavy atom. The van der Waals surface area contributed by atoms with Crippen LogP contribution in [-0.4, -0.2) is 46.1 Å². The summed E-state index contributed by atoms with van der Waals surface area (Å²) in [6.07, 6.45) is 2.81. The maximum absolute atomic E-state index is 12.6. The summed E-state index contributed by atoms with van der Waals surface area (Å²) in [4.78, 5) is 18.9. The van der Waals surface area contributed by atoms with Crippen LogP contribution in [0.2, 0.25) is 0 Å². The number of ether oxygens (including phenoxy) is 1. The molecule has 2 amide bonds. The van der Waals surface area contributed by atoms with Crippen LogP contribution in [-0.2, 0) is 11.3 Å². The molecule has 2 heterocycles. The number of nitrogens with zero attached hydrogens (tertiary/aromatic N) is 3. The number of carbonyl (C=O) groups is 1. The van der Waals surface area contributed by atoms with Gasteiger partial charge in [0.2, 0.25) is 0 Å². The largest absolute Gasteiger partial charge is 0.378 e. The average molecular weight is 344 g/mol. The van der Waals surface area contributed by atoms with Gasteiger partial charge < -0.3 is 19.4 Å². The molecule has 0 unspecified atom stereocenters. The van der Waals surface area contributed by atoms with E-state index >= 15 is 0 Å². The molecular formula is C19H28N4O2. The minimum atomic E-state index is -0.189. The lowest BCUT2D eigenvalue weighted by Crippen LogP contribution is -2.69. The van der Waals surface area contributed by atoms with Crippen LogP contribution in [0.4, 0.5) is 4.79 Å². The number of pyridine rings is 1. The standard InChI is InChI=1S/C19H28N4O2/c1-13-8-7-9-16-21-14(12-23(13)16)11-20-17(24)22(5)15-10-19(4,25-6)18(15,2)3/h7-9,12,15H,10-11H2,1-6H3,(H,20,24)/t15-,19+/m1/s1. The molecule has 25 heavy (non-hydrogen) atoms. The Bertz CT molecular complexity index is 798. The van der Waals surface area contributed by atoms with Crippen molar-refractivity contribution in [3.63, 3.8) is 0 Å². The molecule has 1 aliphatic rings. The summed E-state index contributed by atoms with van der Waals surface area (Å²) >= 11 is 0. The zero-order chi connectivity index (χ0) is 18.4. The van der Waals surface area contributed by atoms with Crippen molar-refractivity contribution in [2.24, 2.45) is 5.41 Å². The SMILES string of the molecule is CO[C@@]1(C)C[C@@H](N(C)C(=O)NCc2cn3c(C)cccc3n2)C1(C)C. The fourth-order valence-electron chi connectivity index (χ4n) is 3.79. The molecule has 0 saturated heterocycles. The van der Waals surface area contributed by atoms with Gasteiger partial charge in [-0.1, -0.05) is 19.9 Å². The van der Waals surface area contributed by atoms with E-state index in [1.165, 1.54) is 0 Å². The topological polar surface area (TPSA) is 58.9 Å². The minimum Gasteiger partial charge on any atom is -0.378 e. The van der Waals surface area contributed by atoms with Crippen molar-refractivity contribution in [2.45, 2.75) is 52.3 Å². The first kappa shape index (κ1) is 17.7. The number of nitrogens with one attached hydrogen (secondary N) is 1. The van der Waals surface area contributed by atoms with E-state index in [0.29, 0.717) is 6.54 Å². The predicted octanol–water partition coefficient (Wildman–Crippen LogP) is 2.99. The molecular weight excluding hydrogens is 316 g/mol.